The largest absolute Gasteiger partial charge is 0.465 e. The molecule has 0 aliphatic carbocycles. The van der Waals surface area contributed by atoms with Crippen LogP contribution in [0.2, 0.25) is 0 Å². The van der Waals surface area contributed by atoms with Crippen LogP contribution in [-0.4, -0.2) is 17.6 Å². The van der Waals surface area contributed by atoms with Gasteiger partial charge in [-0.05, 0) is 24.6 Å². The lowest BCUT2D eigenvalue weighted by Gasteiger charge is -2.10. The SMILES string of the molecule is COC(=O)c1cn(C)c(C#N)c1-c1c(F)ccc(F)c1C. The summed E-state index contributed by atoms with van der Waals surface area (Å²) >= 11 is 0. The van der Waals surface area contributed by atoms with Crippen LogP contribution in [0.4, 0.5) is 8.78 Å². The van der Waals surface area contributed by atoms with Crippen molar-refractivity contribution in [2.45, 2.75) is 6.92 Å². The number of hydrogen-bond donors (Lipinski definition) is 0. The van der Waals surface area contributed by atoms with Crippen molar-refractivity contribution in [2.24, 2.45) is 7.05 Å². The van der Waals surface area contributed by atoms with Crippen LogP contribution >= 0.6 is 0 Å². The van der Waals surface area contributed by atoms with Crippen LogP contribution in [-0.2, 0) is 11.8 Å². The maximum Gasteiger partial charge on any atom is 0.340 e. The van der Waals surface area contributed by atoms with Crippen LogP contribution < -0.4 is 0 Å². The smallest absolute Gasteiger partial charge is 0.340 e. The van der Waals surface area contributed by atoms with Gasteiger partial charge >= 0.3 is 5.97 Å². The Balaban J connectivity index is 2.90. The van der Waals surface area contributed by atoms with E-state index in [4.69, 9.17) is 0 Å². The maximum absolute atomic E-state index is 14.2. The lowest BCUT2D eigenvalue weighted by Crippen LogP contribution is -2.04. The fraction of sp³-hybridized carbons (Fsp3) is 0.200. The van der Waals surface area contributed by atoms with E-state index in [1.54, 1.807) is 7.05 Å². The highest BCUT2D eigenvalue weighted by molar-refractivity contribution is 5.99. The topological polar surface area (TPSA) is 55.0 Å². The average molecular weight is 290 g/mol. The van der Waals surface area contributed by atoms with Gasteiger partial charge in [0.1, 0.15) is 23.4 Å². The monoisotopic (exact) mass is 290 g/mol. The molecule has 0 aliphatic heterocycles. The van der Waals surface area contributed by atoms with Crippen molar-refractivity contribution in [2.75, 3.05) is 7.11 Å². The normalized spacial score (nSPS) is 10.3. The van der Waals surface area contributed by atoms with Crippen molar-refractivity contribution >= 4 is 5.97 Å². The van der Waals surface area contributed by atoms with Crippen molar-refractivity contribution in [3.05, 3.63) is 46.8 Å². The van der Waals surface area contributed by atoms with Crippen molar-refractivity contribution in [3.63, 3.8) is 0 Å². The summed E-state index contributed by atoms with van der Waals surface area (Å²) in [6.07, 6.45) is 1.36. The molecule has 0 saturated heterocycles. The number of carbonyl (C=O) groups is 1. The highest BCUT2D eigenvalue weighted by atomic mass is 19.1. The predicted octanol–water partition coefficient (Wildman–Crippen LogP) is 2.94. The van der Waals surface area contributed by atoms with E-state index in [-0.39, 0.29) is 27.9 Å². The van der Waals surface area contributed by atoms with E-state index in [2.05, 4.69) is 4.74 Å². The number of nitriles is 1. The third-order valence-electron chi connectivity index (χ3n) is 3.29. The minimum Gasteiger partial charge on any atom is -0.465 e. The molecule has 0 atom stereocenters. The second kappa shape index (κ2) is 5.37. The van der Waals surface area contributed by atoms with Crippen LogP contribution in [0.1, 0.15) is 21.6 Å². The standard InChI is InChI=1S/C15H12F2N2O2/c1-8-10(16)4-5-11(17)13(8)14-9(15(20)21-3)7-19(2)12(14)6-18/h4-5,7H,1-3H3. The van der Waals surface area contributed by atoms with Crippen LogP contribution in [0.5, 0.6) is 0 Å². The van der Waals surface area contributed by atoms with Crippen LogP contribution in [0.3, 0.4) is 0 Å². The number of methoxy groups -OCH3 is 1. The molecule has 4 nitrogen and oxygen atoms in total. The summed E-state index contributed by atoms with van der Waals surface area (Å²) in [6, 6.07) is 3.87. The summed E-state index contributed by atoms with van der Waals surface area (Å²) in [5.41, 5.74) is 0.0453. The number of benzene rings is 1. The van der Waals surface area contributed by atoms with E-state index in [9.17, 15) is 18.8 Å². The Morgan fingerprint density at radius 2 is 1.90 bits per heavy atom. The highest BCUT2D eigenvalue weighted by Gasteiger charge is 2.26. The maximum atomic E-state index is 14.2. The Labute approximate surface area is 120 Å². The Morgan fingerprint density at radius 1 is 1.29 bits per heavy atom. The van der Waals surface area contributed by atoms with E-state index in [1.165, 1.54) is 24.8 Å². The molecular weight excluding hydrogens is 278 g/mol. The number of rotatable bonds is 2. The highest BCUT2D eigenvalue weighted by Crippen LogP contribution is 2.34. The Hall–Kier alpha value is -2.68. The molecule has 0 unspecified atom stereocenters. The first-order chi connectivity index (χ1) is 9.92. The quantitative estimate of drug-likeness (QED) is 0.799. The molecule has 2 aromatic rings. The van der Waals surface area contributed by atoms with E-state index >= 15 is 0 Å². The number of hydrogen-bond acceptors (Lipinski definition) is 3. The zero-order valence-corrected chi connectivity index (χ0v) is 11.7. The first-order valence-electron chi connectivity index (χ1n) is 6.05. The van der Waals surface area contributed by atoms with Crippen molar-refractivity contribution in [1.29, 1.82) is 5.26 Å². The fourth-order valence-electron chi connectivity index (χ4n) is 2.24. The van der Waals surface area contributed by atoms with Gasteiger partial charge < -0.3 is 9.30 Å². The molecule has 0 amide bonds. The molecule has 0 bridgehead atoms. The molecule has 0 spiro atoms. The van der Waals surface area contributed by atoms with Gasteiger partial charge in [-0.15, -0.1) is 0 Å². The van der Waals surface area contributed by atoms with Gasteiger partial charge in [0.15, 0.2) is 0 Å². The number of carbonyl (C=O) groups excluding carboxylic acids is 1. The molecule has 6 heteroatoms. The Bertz CT molecular complexity index is 773. The molecule has 0 N–H and O–H groups in total. The number of halogens is 2. The average Bonchev–Trinajstić information content (AvgIpc) is 2.79. The third kappa shape index (κ3) is 2.27. The zero-order chi connectivity index (χ0) is 15.7. The van der Waals surface area contributed by atoms with Crippen molar-refractivity contribution in [1.82, 2.24) is 4.57 Å². The molecule has 0 aliphatic rings. The predicted molar refractivity (Wildman–Crippen MR) is 71.6 cm³/mol. The molecule has 108 valence electrons. The fourth-order valence-corrected chi connectivity index (χ4v) is 2.24. The number of esters is 1. The van der Waals surface area contributed by atoms with Gasteiger partial charge in [0, 0.05) is 24.4 Å². The van der Waals surface area contributed by atoms with Gasteiger partial charge in [0.2, 0.25) is 0 Å². The number of aryl methyl sites for hydroxylation is 1. The van der Waals surface area contributed by atoms with E-state index in [0.717, 1.165) is 12.1 Å². The third-order valence-corrected chi connectivity index (χ3v) is 3.29. The summed E-state index contributed by atoms with van der Waals surface area (Å²) in [4.78, 5) is 11.8. The number of ether oxygens (including phenoxy) is 1. The van der Waals surface area contributed by atoms with Gasteiger partial charge in [-0.2, -0.15) is 5.26 Å². The second-order valence-corrected chi connectivity index (χ2v) is 4.51. The minimum atomic E-state index is -0.717. The molecule has 1 aromatic carbocycles. The molecule has 0 saturated carbocycles. The molecule has 1 heterocycles. The van der Waals surface area contributed by atoms with E-state index in [0.29, 0.717) is 0 Å². The second-order valence-electron chi connectivity index (χ2n) is 4.51. The molecule has 0 fully saturated rings. The van der Waals surface area contributed by atoms with Gasteiger partial charge in [-0.1, -0.05) is 0 Å². The van der Waals surface area contributed by atoms with E-state index in [1.807, 2.05) is 6.07 Å². The molecular formula is C15H12F2N2O2. The van der Waals surface area contributed by atoms with Gasteiger partial charge in [0.25, 0.3) is 0 Å². The number of aromatic nitrogens is 1. The number of nitrogens with zero attached hydrogens (tertiary/aromatic N) is 2. The first kappa shape index (κ1) is 14.7. The van der Waals surface area contributed by atoms with Crippen molar-refractivity contribution < 1.29 is 18.3 Å². The Kier molecular flexibility index (Phi) is 3.76. The summed E-state index contributed by atoms with van der Waals surface area (Å²) < 4.78 is 33.9. The Morgan fingerprint density at radius 3 is 2.48 bits per heavy atom. The van der Waals surface area contributed by atoms with Crippen LogP contribution in [0.15, 0.2) is 18.3 Å². The molecule has 21 heavy (non-hydrogen) atoms. The van der Waals surface area contributed by atoms with E-state index < -0.39 is 17.6 Å². The van der Waals surface area contributed by atoms with Crippen LogP contribution in [0.25, 0.3) is 11.1 Å². The summed E-state index contributed by atoms with van der Waals surface area (Å²) in [5.74, 6) is -2.04. The molecule has 1 aromatic heterocycles. The van der Waals surface area contributed by atoms with Gasteiger partial charge in [0.05, 0.1) is 12.7 Å². The lowest BCUT2D eigenvalue weighted by molar-refractivity contribution is 0.0601. The first-order valence-corrected chi connectivity index (χ1v) is 6.05. The molecule has 0 radical (unpaired) electrons. The van der Waals surface area contributed by atoms with Gasteiger partial charge in [-0.3, -0.25) is 0 Å². The van der Waals surface area contributed by atoms with Crippen molar-refractivity contribution in [3.8, 4) is 17.2 Å². The van der Waals surface area contributed by atoms with Gasteiger partial charge in [-0.25, -0.2) is 13.6 Å². The zero-order valence-electron chi connectivity index (χ0n) is 11.7. The molecule has 2 rings (SSSR count). The van der Waals surface area contributed by atoms with Crippen LogP contribution in [0, 0.1) is 29.9 Å². The lowest BCUT2D eigenvalue weighted by atomic mass is 9.96. The minimum absolute atomic E-state index is 0.0177. The summed E-state index contributed by atoms with van der Waals surface area (Å²) in [6.45, 7) is 1.39. The summed E-state index contributed by atoms with van der Waals surface area (Å²) in [5, 5.41) is 9.24. The summed E-state index contributed by atoms with van der Waals surface area (Å²) in [7, 11) is 2.72.